The Balaban J connectivity index is 0.00000169. The van der Waals surface area contributed by atoms with Gasteiger partial charge in [0.2, 0.25) is 0 Å². The number of rotatable bonds is 2. The van der Waals surface area contributed by atoms with Crippen LogP contribution in [-0.2, 0) is 17.4 Å². The van der Waals surface area contributed by atoms with Crippen LogP contribution in [0, 0.1) is 0 Å². The van der Waals surface area contributed by atoms with Crippen molar-refractivity contribution in [3.8, 4) is 0 Å². The molecule has 0 bridgehead atoms. The van der Waals surface area contributed by atoms with Crippen LogP contribution >= 0.6 is 0 Å². The number of carboxylic acids is 2. The minimum atomic E-state index is -1.65. The zero-order valence-corrected chi connectivity index (χ0v) is 7.88. The summed E-state index contributed by atoms with van der Waals surface area (Å²) < 4.78 is 0. The first-order valence-corrected chi connectivity index (χ1v) is 3.18. The van der Waals surface area contributed by atoms with Gasteiger partial charge >= 0.3 is 17.4 Å². The van der Waals surface area contributed by atoms with E-state index in [0.29, 0.717) is 0 Å². The Labute approximate surface area is 88.3 Å². The Morgan fingerprint density at radius 2 is 1.43 bits per heavy atom. The number of carboxylic acid groups (broad SMARTS) is 2. The standard InChI is InChI=1S/C7H5NO5.Cr/c9-3-1-4(6(10)11)8-5(2-3)7(12)13;/h1-2H,(H,8,9)(H,10,11)(H,12,13);/q;+2/p-2. The van der Waals surface area contributed by atoms with E-state index in [9.17, 15) is 24.6 Å². The molecule has 0 fully saturated rings. The average molecular weight is 233 g/mol. The summed E-state index contributed by atoms with van der Waals surface area (Å²) in [5, 5.41) is 20.5. The summed E-state index contributed by atoms with van der Waals surface area (Å²) >= 11 is 0. The van der Waals surface area contributed by atoms with E-state index in [4.69, 9.17) is 0 Å². The van der Waals surface area contributed by atoms with Gasteiger partial charge in [0.15, 0.2) is 5.43 Å². The van der Waals surface area contributed by atoms with Gasteiger partial charge in [-0.05, 0) is 0 Å². The van der Waals surface area contributed by atoms with Crippen molar-refractivity contribution in [1.82, 2.24) is 4.98 Å². The summed E-state index contributed by atoms with van der Waals surface area (Å²) in [4.78, 5) is 33.1. The fourth-order valence-electron chi connectivity index (χ4n) is 0.763. The number of aromatic amines is 1. The molecule has 0 radical (unpaired) electrons. The van der Waals surface area contributed by atoms with Crippen molar-refractivity contribution in [2.75, 3.05) is 0 Å². The van der Waals surface area contributed by atoms with E-state index in [1.165, 1.54) is 0 Å². The zero-order valence-electron chi connectivity index (χ0n) is 6.60. The second-order valence-electron chi connectivity index (χ2n) is 2.22. The van der Waals surface area contributed by atoms with Gasteiger partial charge in [-0.2, -0.15) is 0 Å². The number of carbonyl (C=O) groups is 2. The van der Waals surface area contributed by atoms with Gasteiger partial charge in [0.25, 0.3) is 0 Å². The summed E-state index contributed by atoms with van der Waals surface area (Å²) in [6.45, 7) is 0. The van der Waals surface area contributed by atoms with E-state index in [2.05, 4.69) is 0 Å². The summed E-state index contributed by atoms with van der Waals surface area (Å²) in [5.74, 6) is -3.31. The van der Waals surface area contributed by atoms with Crippen LogP contribution in [0.3, 0.4) is 0 Å². The number of hydrogen-bond acceptors (Lipinski definition) is 5. The molecule has 0 unspecified atom stereocenters. The fourth-order valence-corrected chi connectivity index (χ4v) is 0.763. The van der Waals surface area contributed by atoms with Crippen LogP contribution in [0.2, 0.25) is 0 Å². The Bertz CT molecular complexity index is 389. The molecule has 6 nitrogen and oxygen atoms in total. The summed E-state index contributed by atoms with van der Waals surface area (Å²) in [7, 11) is 0. The molecule has 1 aromatic rings. The minimum Gasteiger partial charge on any atom is -0.543 e. The normalized spacial score (nSPS) is 8.86. The molecule has 0 amide bonds. The Kier molecular flexibility index (Phi) is 4.08. The third-order valence-corrected chi connectivity index (χ3v) is 1.28. The predicted molar refractivity (Wildman–Crippen MR) is 35.7 cm³/mol. The summed E-state index contributed by atoms with van der Waals surface area (Å²) in [6, 6.07) is 1.45. The summed E-state index contributed by atoms with van der Waals surface area (Å²) in [6.07, 6.45) is 0. The molecule has 0 saturated carbocycles. The molecule has 1 rings (SSSR count). The minimum absolute atomic E-state index is 0. The predicted octanol–water partition coefficient (Wildman–Crippen LogP) is -2.90. The molecule has 0 spiro atoms. The van der Waals surface area contributed by atoms with Crippen molar-refractivity contribution in [3.05, 3.63) is 33.7 Å². The monoisotopic (exact) mass is 233 g/mol. The van der Waals surface area contributed by atoms with Gasteiger partial charge in [-0.3, -0.25) is 4.79 Å². The Morgan fingerprint density at radius 1 is 1.07 bits per heavy atom. The van der Waals surface area contributed by atoms with Crippen LogP contribution in [0.1, 0.15) is 21.0 Å². The van der Waals surface area contributed by atoms with Gasteiger partial charge in [0.05, 0.1) is 23.3 Å². The number of H-pyrrole nitrogens is 1. The van der Waals surface area contributed by atoms with E-state index in [1.54, 1.807) is 0 Å². The van der Waals surface area contributed by atoms with Crippen LogP contribution < -0.4 is 15.6 Å². The zero-order chi connectivity index (χ0) is 10.0. The topological polar surface area (TPSA) is 113 Å². The number of carbonyl (C=O) groups excluding carboxylic acids is 2. The quantitative estimate of drug-likeness (QED) is 0.588. The third-order valence-electron chi connectivity index (χ3n) is 1.28. The first kappa shape index (κ1) is 12.4. The van der Waals surface area contributed by atoms with Gasteiger partial charge in [-0.15, -0.1) is 0 Å². The van der Waals surface area contributed by atoms with Crippen LogP contribution in [0.4, 0.5) is 0 Å². The molecule has 0 saturated heterocycles. The average Bonchev–Trinajstić information content (AvgIpc) is 2.03. The van der Waals surface area contributed by atoms with Gasteiger partial charge in [-0.1, -0.05) is 0 Å². The van der Waals surface area contributed by atoms with Gasteiger partial charge in [0.1, 0.15) is 0 Å². The van der Waals surface area contributed by atoms with Crippen LogP contribution in [0.25, 0.3) is 0 Å². The molecule has 0 aliphatic carbocycles. The van der Waals surface area contributed by atoms with Gasteiger partial charge in [0, 0.05) is 12.1 Å². The van der Waals surface area contributed by atoms with Crippen molar-refractivity contribution >= 4 is 11.9 Å². The smallest absolute Gasteiger partial charge is 0.543 e. The summed E-state index contributed by atoms with van der Waals surface area (Å²) in [5.41, 5.74) is -1.92. The maximum atomic E-state index is 10.7. The first-order chi connectivity index (χ1) is 6.00. The number of nitrogens with one attached hydrogen (secondary N) is 1. The molecule has 0 atom stereocenters. The largest absolute Gasteiger partial charge is 2.00 e. The molecule has 0 aromatic carbocycles. The Hall–Kier alpha value is -1.58. The molecule has 1 aromatic heterocycles. The molecule has 0 aliphatic rings. The number of aromatic nitrogens is 1. The van der Waals surface area contributed by atoms with Gasteiger partial charge < -0.3 is 24.8 Å². The molecular formula is C7H3CrNO5. The maximum absolute atomic E-state index is 10.7. The van der Waals surface area contributed by atoms with Crippen molar-refractivity contribution < 1.29 is 37.2 Å². The SMILES string of the molecule is O=C([O-])c1cc(=O)cc(C(=O)[O-])[nH]1.[Cr+2]. The van der Waals surface area contributed by atoms with Crippen molar-refractivity contribution in [1.29, 1.82) is 0 Å². The number of pyridine rings is 1. The van der Waals surface area contributed by atoms with Crippen molar-refractivity contribution in [3.63, 3.8) is 0 Å². The molecule has 14 heavy (non-hydrogen) atoms. The van der Waals surface area contributed by atoms with Gasteiger partial charge in [-0.25, -0.2) is 0 Å². The van der Waals surface area contributed by atoms with E-state index in [-0.39, 0.29) is 17.4 Å². The van der Waals surface area contributed by atoms with Crippen LogP contribution in [0.15, 0.2) is 16.9 Å². The molecule has 1 N–H and O–H groups in total. The van der Waals surface area contributed by atoms with Crippen molar-refractivity contribution in [2.24, 2.45) is 0 Å². The maximum Gasteiger partial charge on any atom is 2.00 e. The molecule has 7 heteroatoms. The molecular weight excluding hydrogens is 230 g/mol. The molecule has 0 aliphatic heterocycles. The first-order valence-electron chi connectivity index (χ1n) is 3.18. The van der Waals surface area contributed by atoms with Crippen molar-refractivity contribution in [2.45, 2.75) is 0 Å². The second-order valence-corrected chi connectivity index (χ2v) is 2.22. The molecule has 1 heterocycles. The second kappa shape index (κ2) is 4.60. The van der Waals surface area contributed by atoms with E-state index >= 15 is 0 Å². The Morgan fingerprint density at radius 3 is 1.71 bits per heavy atom. The molecule has 72 valence electrons. The van der Waals surface area contributed by atoms with E-state index < -0.39 is 28.8 Å². The van der Waals surface area contributed by atoms with Crippen LogP contribution in [0.5, 0.6) is 0 Å². The van der Waals surface area contributed by atoms with E-state index in [0.717, 1.165) is 12.1 Å². The number of hydrogen-bond donors (Lipinski definition) is 1. The van der Waals surface area contributed by atoms with Crippen LogP contribution in [-0.4, -0.2) is 16.9 Å². The fraction of sp³-hybridized carbons (Fsp3) is 0. The third kappa shape index (κ3) is 2.73. The van der Waals surface area contributed by atoms with E-state index in [1.807, 2.05) is 4.98 Å². The number of aromatic carboxylic acids is 2.